The number of para-hydroxylation sites is 1. The fraction of sp³-hybridized carbons (Fsp3) is 0.529. The van der Waals surface area contributed by atoms with Crippen molar-refractivity contribution in [1.82, 2.24) is 15.3 Å². The number of hydrogen-bond acceptors (Lipinski definition) is 3. The number of nitrogens with one attached hydrogen (secondary N) is 2. The Labute approximate surface area is 130 Å². The van der Waals surface area contributed by atoms with Crippen LogP contribution in [0.4, 0.5) is 0 Å². The van der Waals surface area contributed by atoms with Gasteiger partial charge in [0.05, 0.1) is 11.0 Å². The summed E-state index contributed by atoms with van der Waals surface area (Å²) < 4.78 is 0. The minimum Gasteiger partial charge on any atom is -0.353 e. The summed E-state index contributed by atoms with van der Waals surface area (Å²) in [5.41, 5.74) is 8.94. The Morgan fingerprint density at radius 3 is 3.09 bits per heavy atom. The largest absolute Gasteiger partial charge is 0.353 e. The van der Waals surface area contributed by atoms with Gasteiger partial charge in [-0.15, -0.1) is 0 Å². The molecule has 1 aromatic heterocycles. The van der Waals surface area contributed by atoms with Gasteiger partial charge in [-0.3, -0.25) is 4.79 Å². The molecule has 3 rings (SSSR count). The highest BCUT2D eigenvalue weighted by molar-refractivity contribution is 5.79. The van der Waals surface area contributed by atoms with Gasteiger partial charge in [0.25, 0.3) is 0 Å². The number of carbonyl (C=O) groups excluding carboxylic acids is 1. The molecule has 1 aliphatic carbocycles. The highest BCUT2D eigenvalue weighted by atomic mass is 16.1. The first kappa shape index (κ1) is 15.0. The summed E-state index contributed by atoms with van der Waals surface area (Å²) in [6.45, 7) is 2.71. The Balaban J connectivity index is 1.57. The second kappa shape index (κ2) is 6.48. The third-order valence-electron chi connectivity index (χ3n) is 4.66. The van der Waals surface area contributed by atoms with E-state index >= 15 is 0 Å². The van der Waals surface area contributed by atoms with Crippen LogP contribution in [0.1, 0.15) is 37.1 Å². The van der Waals surface area contributed by atoms with E-state index in [9.17, 15) is 4.79 Å². The lowest BCUT2D eigenvalue weighted by Gasteiger charge is -2.19. The molecule has 1 amide bonds. The van der Waals surface area contributed by atoms with Gasteiger partial charge in [0.15, 0.2) is 0 Å². The lowest BCUT2D eigenvalue weighted by Crippen LogP contribution is -2.39. The van der Waals surface area contributed by atoms with E-state index in [2.05, 4.69) is 15.3 Å². The van der Waals surface area contributed by atoms with Crippen molar-refractivity contribution >= 4 is 16.9 Å². The zero-order chi connectivity index (χ0) is 15.5. The minimum atomic E-state index is 0.0996. The van der Waals surface area contributed by atoms with Gasteiger partial charge in [-0.1, -0.05) is 18.6 Å². The van der Waals surface area contributed by atoms with Crippen LogP contribution in [0.3, 0.4) is 0 Å². The van der Waals surface area contributed by atoms with Gasteiger partial charge in [0.2, 0.25) is 5.91 Å². The molecule has 4 N–H and O–H groups in total. The number of imidazole rings is 1. The molecule has 0 radical (unpaired) electrons. The zero-order valence-corrected chi connectivity index (χ0v) is 13.1. The summed E-state index contributed by atoms with van der Waals surface area (Å²) in [6.07, 6.45) is 4.45. The number of aryl methyl sites for hydroxylation is 2. The molecule has 5 nitrogen and oxygen atoms in total. The lowest BCUT2D eigenvalue weighted by atomic mass is 10.0. The van der Waals surface area contributed by atoms with E-state index in [4.69, 9.17) is 5.73 Å². The van der Waals surface area contributed by atoms with Gasteiger partial charge in [-0.25, -0.2) is 4.98 Å². The molecule has 1 aliphatic rings. The van der Waals surface area contributed by atoms with E-state index in [1.54, 1.807) is 0 Å². The van der Waals surface area contributed by atoms with Crippen LogP contribution >= 0.6 is 0 Å². The molecule has 0 bridgehead atoms. The first-order valence-corrected chi connectivity index (χ1v) is 8.11. The normalized spacial score (nSPS) is 21.4. The Morgan fingerprint density at radius 2 is 2.32 bits per heavy atom. The van der Waals surface area contributed by atoms with Gasteiger partial charge in [-0.2, -0.15) is 0 Å². The second-order valence-electron chi connectivity index (χ2n) is 6.26. The van der Waals surface area contributed by atoms with Crippen LogP contribution in [0.15, 0.2) is 18.2 Å². The molecule has 2 unspecified atom stereocenters. The van der Waals surface area contributed by atoms with Crippen molar-refractivity contribution in [3.63, 3.8) is 0 Å². The second-order valence-corrected chi connectivity index (χ2v) is 6.26. The predicted octanol–water partition coefficient (Wildman–Crippen LogP) is 2.05. The molecule has 0 spiro atoms. The Bertz CT molecular complexity index is 664. The van der Waals surface area contributed by atoms with Crippen LogP contribution in [0, 0.1) is 12.8 Å². The van der Waals surface area contributed by atoms with E-state index in [0.29, 0.717) is 25.3 Å². The number of fused-ring (bicyclic) bond motifs is 1. The number of benzene rings is 1. The number of hydrogen-bond donors (Lipinski definition) is 3. The maximum Gasteiger partial charge on any atom is 0.220 e. The van der Waals surface area contributed by atoms with Crippen LogP contribution in [0.5, 0.6) is 0 Å². The number of aromatic nitrogens is 2. The molecule has 1 heterocycles. The van der Waals surface area contributed by atoms with Crippen molar-refractivity contribution in [1.29, 1.82) is 0 Å². The standard InChI is InChI=1S/C17H24N4O/c1-11-4-2-7-14-17(11)21-15(19-14)8-9-16(22)20-13-6-3-5-12(13)10-18/h2,4,7,12-13H,3,5-6,8-10,18H2,1H3,(H,19,21)(H,20,22). The van der Waals surface area contributed by atoms with Gasteiger partial charge < -0.3 is 16.0 Å². The quantitative estimate of drug-likeness (QED) is 0.790. The van der Waals surface area contributed by atoms with Gasteiger partial charge >= 0.3 is 0 Å². The maximum atomic E-state index is 12.1. The van der Waals surface area contributed by atoms with Gasteiger partial charge in [0.1, 0.15) is 5.82 Å². The predicted molar refractivity (Wildman–Crippen MR) is 87.5 cm³/mol. The summed E-state index contributed by atoms with van der Waals surface area (Å²) in [7, 11) is 0. The molecule has 2 atom stereocenters. The minimum absolute atomic E-state index is 0.0996. The molecule has 1 saturated carbocycles. The highest BCUT2D eigenvalue weighted by Gasteiger charge is 2.27. The number of amides is 1. The number of carbonyl (C=O) groups is 1. The van der Waals surface area contributed by atoms with Crippen molar-refractivity contribution in [2.24, 2.45) is 11.7 Å². The van der Waals surface area contributed by atoms with Crippen LogP contribution < -0.4 is 11.1 Å². The third-order valence-corrected chi connectivity index (χ3v) is 4.66. The molecule has 22 heavy (non-hydrogen) atoms. The van der Waals surface area contributed by atoms with Crippen molar-refractivity contribution in [3.8, 4) is 0 Å². The monoisotopic (exact) mass is 300 g/mol. The smallest absolute Gasteiger partial charge is 0.220 e. The molecule has 118 valence electrons. The average Bonchev–Trinajstić information content (AvgIpc) is 3.12. The number of nitrogens with zero attached hydrogens (tertiary/aromatic N) is 1. The molecular formula is C17H24N4O. The molecule has 2 aromatic rings. The van der Waals surface area contributed by atoms with E-state index < -0.39 is 0 Å². The van der Waals surface area contributed by atoms with E-state index in [0.717, 1.165) is 41.7 Å². The topological polar surface area (TPSA) is 83.8 Å². The summed E-state index contributed by atoms with van der Waals surface area (Å²) in [5, 5.41) is 3.13. The first-order chi connectivity index (χ1) is 10.7. The van der Waals surface area contributed by atoms with Gasteiger partial charge in [-0.05, 0) is 43.9 Å². The molecule has 0 aliphatic heterocycles. The molecule has 1 fully saturated rings. The van der Waals surface area contributed by atoms with Crippen molar-refractivity contribution in [3.05, 3.63) is 29.6 Å². The Hall–Kier alpha value is -1.88. The van der Waals surface area contributed by atoms with E-state index in [-0.39, 0.29) is 11.9 Å². The number of aromatic amines is 1. The van der Waals surface area contributed by atoms with E-state index in [1.165, 1.54) is 0 Å². The van der Waals surface area contributed by atoms with Crippen LogP contribution in [0.25, 0.3) is 11.0 Å². The summed E-state index contributed by atoms with van der Waals surface area (Å²) in [6, 6.07) is 6.34. The fourth-order valence-electron chi connectivity index (χ4n) is 3.36. The molecule has 5 heteroatoms. The highest BCUT2D eigenvalue weighted by Crippen LogP contribution is 2.24. The maximum absolute atomic E-state index is 12.1. The fourth-order valence-corrected chi connectivity index (χ4v) is 3.36. The number of nitrogens with two attached hydrogens (primary N) is 1. The summed E-state index contributed by atoms with van der Waals surface area (Å²) in [4.78, 5) is 20.0. The molecule has 1 aromatic carbocycles. The molecule has 0 saturated heterocycles. The Kier molecular flexibility index (Phi) is 4.43. The van der Waals surface area contributed by atoms with Crippen molar-refractivity contribution in [2.45, 2.75) is 45.1 Å². The molecular weight excluding hydrogens is 276 g/mol. The van der Waals surface area contributed by atoms with Crippen molar-refractivity contribution in [2.75, 3.05) is 6.54 Å². The summed E-state index contributed by atoms with van der Waals surface area (Å²) in [5.74, 6) is 1.42. The third kappa shape index (κ3) is 3.14. The van der Waals surface area contributed by atoms with E-state index in [1.807, 2.05) is 25.1 Å². The SMILES string of the molecule is Cc1cccc2[nH]c(CCC(=O)NC3CCCC3CN)nc12. The first-order valence-electron chi connectivity index (χ1n) is 8.11. The average molecular weight is 300 g/mol. The van der Waals surface area contributed by atoms with Crippen LogP contribution in [-0.2, 0) is 11.2 Å². The Morgan fingerprint density at radius 1 is 1.45 bits per heavy atom. The van der Waals surface area contributed by atoms with Crippen LogP contribution in [0.2, 0.25) is 0 Å². The lowest BCUT2D eigenvalue weighted by molar-refractivity contribution is -0.122. The zero-order valence-electron chi connectivity index (χ0n) is 13.1. The number of rotatable bonds is 5. The van der Waals surface area contributed by atoms with Gasteiger partial charge in [0, 0.05) is 18.9 Å². The number of H-pyrrole nitrogens is 1. The van der Waals surface area contributed by atoms with Crippen LogP contribution in [-0.4, -0.2) is 28.5 Å². The van der Waals surface area contributed by atoms with Crippen molar-refractivity contribution < 1.29 is 4.79 Å². The summed E-state index contributed by atoms with van der Waals surface area (Å²) >= 11 is 0.